The van der Waals surface area contributed by atoms with Crippen LogP contribution in [0.5, 0.6) is 5.75 Å². The highest BCUT2D eigenvalue weighted by Gasteiger charge is 2.00. The average molecular weight is 158 g/mol. The number of hydrogen-bond acceptors (Lipinski definition) is 1. The molecule has 1 aromatic rings. The molecule has 1 aromatic carbocycles. The van der Waals surface area contributed by atoms with Crippen LogP contribution in [0.1, 0.15) is 11.1 Å². The Morgan fingerprint density at radius 2 is 2.08 bits per heavy atom. The summed E-state index contributed by atoms with van der Waals surface area (Å²) < 4.78 is 0. The summed E-state index contributed by atoms with van der Waals surface area (Å²) in [4.78, 5) is 0. The number of fused-ring (bicyclic) bond motifs is 1. The molecule has 12 heavy (non-hydrogen) atoms. The average Bonchev–Trinajstić information content (AvgIpc) is 2.28. The van der Waals surface area contributed by atoms with Gasteiger partial charge in [-0.1, -0.05) is 30.4 Å². The third-order valence-electron chi connectivity index (χ3n) is 1.99. The minimum Gasteiger partial charge on any atom is -0.508 e. The van der Waals surface area contributed by atoms with Crippen molar-refractivity contribution in [2.45, 2.75) is 6.42 Å². The van der Waals surface area contributed by atoms with E-state index in [1.807, 2.05) is 24.3 Å². The third kappa shape index (κ3) is 1.26. The second-order valence-electron chi connectivity index (χ2n) is 2.87. The van der Waals surface area contributed by atoms with Crippen LogP contribution < -0.4 is 0 Å². The first kappa shape index (κ1) is 7.17. The van der Waals surface area contributed by atoms with Crippen LogP contribution >= 0.6 is 0 Å². The smallest absolute Gasteiger partial charge is 0.115 e. The van der Waals surface area contributed by atoms with Gasteiger partial charge in [0, 0.05) is 0 Å². The molecule has 0 heterocycles. The summed E-state index contributed by atoms with van der Waals surface area (Å²) in [7, 11) is 0. The lowest BCUT2D eigenvalue weighted by Crippen LogP contribution is -1.84. The van der Waals surface area contributed by atoms with Crippen molar-refractivity contribution in [3.05, 3.63) is 47.6 Å². The molecular weight excluding hydrogens is 148 g/mol. The van der Waals surface area contributed by atoms with E-state index in [1.54, 1.807) is 6.07 Å². The zero-order valence-electron chi connectivity index (χ0n) is 6.70. The zero-order valence-corrected chi connectivity index (χ0v) is 6.70. The van der Waals surface area contributed by atoms with Gasteiger partial charge in [-0.15, -0.1) is 0 Å². The lowest BCUT2D eigenvalue weighted by molar-refractivity contribution is 0.474. The Hall–Kier alpha value is -1.50. The largest absolute Gasteiger partial charge is 0.508 e. The summed E-state index contributed by atoms with van der Waals surface area (Å²) in [5.41, 5.74) is 2.37. The van der Waals surface area contributed by atoms with Crippen molar-refractivity contribution < 1.29 is 5.11 Å². The first-order chi connectivity index (χ1) is 5.86. The Balaban J connectivity index is 2.53. The van der Waals surface area contributed by atoms with Crippen molar-refractivity contribution in [2.75, 3.05) is 0 Å². The van der Waals surface area contributed by atoms with Gasteiger partial charge < -0.3 is 5.11 Å². The van der Waals surface area contributed by atoms with Crippen LogP contribution in [0.2, 0.25) is 0 Å². The Morgan fingerprint density at radius 3 is 3.00 bits per heavy atom. The first-order valence-electron chi connectivity index (χ1n) is 4.01. The SMILES string of the molecule is Oc1ccc2c(c1)CC=CC=C2. The van der Waals surface area contributed by atoms with E-state index in [1.165, 1.54) is 11.1 Å². The van der Waals surface area contributed by atoms with Crippen molar-refractivity contribution in [2.24, 2.45) is 0 Å². The maximum absolute atomic E-state index is 9.23. The lowest BCUT2D eigenvalue weighted by Gasteiger charge is -2.02. The molecule has 0 radical (unpaired) electrons. The highest BCUT2D eigenvalue weighted by Crippen LogP contribution is 2.20. The second-order valence-corrected chi connectivity index (χ2v) is 2.87. The number of aromatic hydroxyl groups is 1. The molecule has 1 aliphatic rings. The van der Waals surface area contributed by atoms with Gasteiger partial charge in [-0.25, -0.2) is 0 Å². The first-order valence-corrected chi connectivity index (χ1v) is 4.01. The molecule has 2 rings (SSSR count). The monoisotopic (exact) mass is 158 g/mol. The normalized spacial score (nSPS) is 14.0. The molecule has 0 amide bonds. The van der Waals surface area contributed by atoms with E-state index in [-0.39, 0.29) is 0 Å². The molecule has 1 aliphatic carbocycles. The van der Waals surface area contributed by atoms with Gasteiger partial charge in [0.05, 0.1) is 0 Å². The highest BCUT2D eigenvalue weighted by atomic mass is 16.3. The molecule has 0 aliphatic heterocycles. The van der Waals surface area contributed by atoms with E-state index >= 15 is 0 Å². The van der Waals surface area contributed by atoms with Gasteiger partial charge in [-0.05, 0) is 29.7 Å². The summed E-state index contributed by atoms with van der Waals surface area (Å²) in [5, 5.41) is 9.23. The molecule has 0 atom stereocenters. The molecule has 0 spiro atoms. The number of benzene rings is 1. The molecule has 0 unspecified atom stereocenters. The minimum absolute atomic E-state index is 0.345. The van der Waals surface area contributed by atoms with E-state index in [0.29, 0.717) is 5.75 Å². The van der Waals surface area contributed by atoms with Crippen LogP contribution in [-0.4, -0.2) is 5.11 Å². The maximum atomic E-state index is 9.23. The van der Waals surface area contributed by atoms with Crippen LogP contribution in [-0.2, 0) is 6.42 Å². The molecule has 1 nitrogen and oxygen atoms in total. The van der Waals surface area contributed by atoms with Gasteiger partial charge in [0.2, 0.25) is 0 Å². The fourth-order valence-corrected chi connectivity index (χ4v) is 1.36. The predicted molar refractivity (Wildman–Crippen MR) is 50.0 cm³/mol. The molecule has 0 fully saturated rings. The Bertz CT molecular complexity index is 348. The Kier molecular flexibility index (Phi) is 1.71. The van der Waals surface area contributed by atoms with Gasteiger partial charge in [0.25, 0.3) is 0 Å². The van der Waals surface area contributed by atoms with E-state index < -0.39 is 0 Å². The van der Waals surface area contributed by atoms with E-state index in [9.17, 15) is 5.11 Å². The van der Waals surface area contributed by atoms with Crippen LogP contribution in [0.25, 0.3) is 6.08 Å². The molecule has 1 heteroatoms. The standard InChI is InChI=1S/C11H10O/c12-11-7-6-9-4-2-1-3-5-10(9)8-11/h1-4,6-8,12H,5H2. The summed E-state index contributed by atoms with van der Waals surface area (Å²) in [6.45, 7) is 0. The number of hydrogen-bond donors (Lipinski definition) is 1. The van der Waals surface area contributed by atoms with Crippen molar-refractivity contribution in [3.8, 4) is 5.75 Å². The fourth-order valence-electron chi connectivity index (χ4n) is 1.36. The van der Waals surface area contributed by atoms with Crippen LogP contribution in [0, 0.1) is 0 Å². The van der Waals surface area contributed by atoms with Crippen molar-refractivity contribution >= 4 is 6.08 Å². The quantitative estimate of drug-likeness (QED) is 0.615. The number of allylic oxidation sites excluding steroid dienone is 3. The summed E-state index contributed by atoms with van der Waals surface area (Å²) in [6.07, 6.45) is 9.08. The summed E-state index contributed by atoms with van der Waals surface area (Å²) in [5.74, 6) is 0.345. The van der Waals surface area contributed by atoms with Crippen LogP contribution in [0.15, 0.2) is 36.4 Å². The van der Waals surface area contributed by atoms with Crippen LogP contribution in [0.3, 0.4) is 0 Å². The molecule has 0 saturated heterocycles. The minimum atomic E-state index is 0.345. The maximum Gasteiger partial charge on any atom is 0.115 e. The fraction of sp³-hybridized carbons (Fsp3) is 0.0909. The topological polar surface area (TPSA) is 20.2 Å². The van der Waals surface area contributed by atoms with Gasteiger partial charge >= 0.3 is 0 Å². The van der Waals surface area contributed by atoms with Gasteiger partial charge in [0.15, 0.2) is 0 Å². The van der Waals surface area contributed by atoms with E-state index in [2.05, 4.69) is 12.2 Å². The lowest BCUT2D eigenvalue weighted by atomic mass is 10.1. The molecule has 0 saturated carbocycles. The number of rotatable bonds is 0. The molecular formula is C11H10O. The van der Waals surface area contributed by atoms with Crippen molar-refractivity contribution in [1.29, 1.82) is 0 Å². The number of phenols is 1. The Morgan fingerprint density at radius 1 is 1.17 bits per heavy atom. The van der Waals surface area contributed by atoms with Gasteiger partial charge in [-0.2, -0.15) is 0 Å². The molecule has 0 aromatic heterocycles. The Labute approximate surface area is 71.7 Å². The summed E-state index contributed by atoms with van der Waals surface area (Å²) in [6, 6.07) is 5.47. The van der Waals surface area contributed by atoms with Crippen molar-refractivity contribution in [3.63, 3.8) is 0 Å². The molecule has 0 bridgehead atoms. The third-order valence-corrected chi connectivity index (χ3v) is 1.99. The molecule has 60 valence electrons. The van der Waals surface area contributed by atoms with Crippen molar-refractivity contribution in [1.82, 2.24) is 0 Å². The molecule has 1 N–H and O–H groups in total. The van der Waals surface area contributed by atoms with Crippen LogP contribution in [0.4, 0.5) is 0 Å². The van der Waals surface area contributed by atoms with E-state index in [4.69, 9.17) is 0 Å². The number of phenolic OH excluding ortho intramolecular Hbond substituents is 1. The zero-order chi connectivity index (χ0) is 8.39. The predicted octanol–water partition coefficient (Wildman–Crippen LogP) is 2.52. The summed E-state index contributed by atoms with van der Waals surface area (Å²) >= 11 is 0. The highest BCUT2D eigenvalue weighted by molar-refractivity contribution is 5.58. The van der Waals surface area contributed by atoms with Gasteiger partial charge in [0.1, 0.15) is 5.75 Å². The van der Waals surface area contributed by atoms with Gasteiger partial charge in [-0.3, -0.25) is 0 Å². The van der Waals surface area contributed by atoms with E-state index in [0.717, 1.165) is 6.42 Å². The second kappa shape index (κ2) is 2.86.